The molecule has 0 unspecified atom stereocenters. The number of amides is 1. The highest BCUT2D eigenvalue weighted by Crippen LogP contribution is 2.54. The molecule has 1 saturated carbocycles. The second kappa shape index (κ2) is 20.5. The van der Waals surface area contributed by atoms with Crippen LogP contribution >= 0.6 is 0 Å². The summed E-state index contributed by atoms with van der Waals surface area (Å²) in [5, 5.41) is 0. The van der Waals surface area contributed by atoms with E-state index in [0.29, 0.717) is 49.8 Å². The molecule has 0 bridgehead atoms. The molecule has 316 valence electrons. The predicted octanol–water partition coefficient (Wildman–Crippen LogP) is 1.43. The monoisotopic (exact) mass is 908 g/mol. The Morgan fingerprint density at radius 2 is 1.74 bits per heavy atom. The average Bonchev–Trinajstić information content (AvgIpc) is 3.76. The van der Waals surface area contributed by atoms with Crippen molar-refractivity contribution in [3.63, 3.8) is 0 Å². The third-order valence-corrected chi connectivity index (χ3v) is 12.9. The maximum absolute atomic E-state index is 14.6. The minimum Gasteiger partial charge on any atom is -1.00 e. The number of hydrogen-bond donors (Lipinski definition) is 1. The molecule has 1 aromatic rings. The average molecular weight is 909 g/mol. The molecular weight excluding hydrogens is 847 g/mol. The number of halogens is 1. The number of Topliss-reactive ketones (excluding diaryl/α,β-unsaturated/α-hetero) is 1. The smallest absolute Gasteiger partial charge is 0.306 e. The van der Waals surface area contributed by atoms with Crippen LogP contribution in [0.4, 0.5) is 0 Å². The maximum atomic E-state index is 14.6. The van der Waals surface area contributed by atoms with Crippen LogP contribution in [0.5, 0.6) is 0 Å². The lowest BCUT2D eigenvalue weighted by Gasteiger charge is -2.44. The molecule has 0 spiro atoms. The second-order valence-electron chi connectivity index (χ2n) is 16.3. The molecule has 0 aromatic carbocycles. The number of aryl methyl sites for hydroxylation is 1. The van der Waals surface area contributed by atoms with Gasteiger partial charge in [0.2, 0.25) is 0 Å². The highest BCUT2D eigenvalue weighted by molar-refractivity contribution is 5.99. The Balaban J connectivity index is 0.00000620. The number of ether oxygens (including phenoxy) is 7. The lowest BCUT2D eigenvalue weighted by molar-refractivity contribution is -0.697. The number of carbonyl (C=O) groups excluding carboxylic acids is 4. The molecular formula is C43H61IN2O11. The van der Waals surface area contributed by atoms with Crippen LogP contribution in [0.3, 0.4) is 0 Å². The molecule has 2 aliphatic heterocycles. The first-order valence-corrected chi connectivity index (χ1v) is 20.5. The maximum Gasteiger partial charge on any atom is 0.306 e. The normalized spacial score (nSPS) is 36.6. The number of methoxy groups -OCH3 is 3. The quantitative estimate of drug-likeness (QED) is 0.140. The zero-order valence-corrected chi connectivity index (χ0v) is 36.2. The van der Waals surface area contributed by atoms with Gasteiger partial charge in [0.25, 0.3) is 5.91 Å². The third kappa shape index (κ3) is 10.3. The van der Waals surface area contributed by atoms with Crippen molar-refractivity contribution in [2.24, 2.45) is 41.2 Å². The molecule has 5 aliphatic rings. The van der Waals surface area contributed by atoms with Crippen LogP contribution in [-0.4, -0.2) is 94.0 Å². The van der Waals surface area contributed by atoms with Gasteiger partial charge in [-0.25, -0.2) is 4.57 Å². The fraction of sp³-hybridized carbons (Fsp3) is 0.698. The first-order chi connectivity index (χ1) is 27.0. The van der Waals surface area contributed by atoms with Crippen molar-refractivity contribution in [3.05, 3.63) is 53.9 Å². The Bertz CT molecular complexity index is 1640. The summed E-state index contributed by atoms with van der Waals surface area (Å²) in [6.07, 6.45) is 11.8. The SMILES string of the molecule is CC[C@H]1CCC[C@H](OC(=O)CCC[n+]2cccc(C(N)=O)c2)[C@@H](C)C(=O)C2=C[C@@H]3[C@@H](C=C[C@@H]4C[C@@H](O[C@@H]5O[C@@H](C)[C@H](OC)[C@@H](OC)[C@H]5OC)C[C@@H]34)[C@@H]2CC(=O)O1.[I-]. The van der Waals surface area contributed by atoms with Gasteiger partial charge in [-0.1, -0.05) is 32.1 Å². The van der Waals surface area contributed by atoms with E-state index in [2.05, 4.69) is 18.2 Å². The topological polar surface area (TPSA) is 163 Å². The van der Waals surface area contributed by atoms with Gasteiger partial charge >= 0.3 is 11.9 Å². The van der Waals surface area contributed by atoms with Gasteiger partial charge in [0.05, 0.1) is 31.0 Å². The van der Waals surface area contributed by atoms with E-state index in [1.54, 1.807) is 39.7 Å². The first-order valence-electron chi connectivity index (χ1n) is 20.5. The van der Waals surface area contributed by atoms with Crippen molar-refractivity contribution in [1.82, 2.24) is 0 Å². The van der Waals surface area contributed by atoms with E-state index in [1.165, 1.54) is 0 Å². The van der Waals surface area contributed by atoms with E-state index < -0.39 is 30.3 Å². The van der Waals surface area contributed by atoms with Gasteiger partial charge in [-0.15, -0.1) is 0 Å². The Hall–Kier alpha value is -2.76. The number of cyclic esters (lactones) is 1. The highest BCUT2D eigenvalue weighted by Gasteiger charge is 2.52. The van der Waals surface area contributed by atoms with E-state index in [-0.39, 0.29) is 115 Å². The molecule has 3 heterocycles. The van der Waals surface area contributed by atoms with E-state index >= 15 is 0 Å². The predicted molar refractivity (Wildman–Crippen MR) is 203 cm³/mol. The number of carbonyl (C=O) groups is 4. The zero-order chi connectivity index (χ0) is 40.1. The number of nitrogens with two attached hydrogens (primary N) is 1. The van der Waals surface area contributed by atoms with E-state index in [9.17, 15) is 19.2 Å². The number of primary amides is 1. The Labute approximate surface area is 353 Å². The number of nitrogens with zero attached hydrogens (tertiary/aromatic N) is 1. The van der Waals surface area contributed by atoms with Crippen LogP contribution < -0.4 is 34.3 Å². The lowest BCUT2D eigenvalue weighted by Crippen LogP contribution is -3.00. The molecule has 3 aliphatic carbocycles. The number of aromatic nitrogens is 1. The van der Waals surface area contributed by atoms with Crippen molar-refractivity contribution in [2.45, 2.75) is 134 Å². The Morgan fingerprint density at radius 3 is 2.44 bits per heavy atom. The minimum absolute atomic E-state index is 0. The van der Waals surface area contributed by atoms with Gasteiger partial charge in [0.1, 0.15) is 42.6 Å². The molecule has 1 amide bonds. The highest BCUT2D eigenvalue weighted by atomic mass is 127. The zero-order valence-electron chi connectivity index (χ0n) is 34.1. The van der Waals surface area contributed by atoms with Crippen LogP contribution in [0.2, 0.25) is 0 Å². The van der Waals surface area contributed by atoms with Crippen molar-refractivity contribution in [2.75, 3.05) is 21.3 Å². The molecule has 57 heavy (non-hydrogen) atoms. The fourth-order valence-electron chi connectivity index (χ4n) is 9.90. The first kappa shape index (κ1) is 45.3. The van der Waals surface area contributed by atoms with Crippen LogP contribution in [0.15, 0.2) is 48.3 Å². The van der Waals surface area contributed by atoms with Crippen molar-refractivity contribution < 1.29 is 80.9 Å². The lowest BCUT2D eigenvalue weighted by atomic mass is 9.70. The van der Waals surface area contributed by atoms with Crippen LogP contribution in [0.25, 0.3) is 0 Å². The number of ketones is 1. The molecule has 0 radical (unpaired) electrons. The summed E-state index contributed by atoms with van der Waals surface area (Å²) in [6.45, 7) is 6.30. The summed E-state index contributed by atoms with van der Waals surface area (Å²) in [6, 6.07) is 3.39. The van der Waals surface area contributed by atoms with Crippen molar-refractivity contribution in [3.8, 4) is 0 Å². The van der Waals surface area contributed by atoms with Gasteiger partial charge in [-0.2, -0.15) is 0 Å². The number of hydrogen-bond acceptors (Lipinski definition) is 11. The van der Waals surface area contributed by atoms with Crippen LogP contribution in [-0.2, 0) is 54.1 Å². The largest absolute Gasteiger partial charge is 1.00 e. The van der Waals surface area contributed by atoms with Crippen molar-refractivity contribution in [1.29, 1.82) is 0 Å². The van der Waals surface area contributed by atoms with Crippen LogP contribution in [0.1, 0.15) is 88.9 Å². The van der Waals surface area contributed by atoms with Crippen LogP contribution in [0, 0.1) is 35.5 Å². The van der Waals surface area contributed by atoms with E-state index in [0.717, 1.165) is 12.8 Å². The number of esters is 2. The summed E-state index contributed by atoms with van der Waals surface area (Å²) in [4.78, 5) is 52.9. The van der Waals surface area contributed by atoms with Gasteiger partial charge in [-0.3, -0.25) is 19.2 Å². The molecule has 14 heteroatoms. The van der Waals surface area contributed by atoms with Gasteiger partial charge in [-0.05, 0) is 80.8 Å². The summed E-state index contributed by atoms with van der Waals surface area (Å²) in [5.74, 6) is -1.74. The van der Waals surface area contributed by atoms with Gasteiger partial charge < -0.3 is 62.9 Å². The van der Waals surface area contributed by atoms with Crippen molar-refractivity contribution >= 4 is 23.6 Å². The van der Waals surface area contributed by atoms with E-state index in [1.807, 2.05) is 31.5 Å². The Kier molecular flexibility index (Phi) is 16.3. The number of rotatable bonds is 12. The summed E-state index contributed by atoms with van der Waals surface area (Å²) in [5.41, 5.74) is 6.45. The Morgan fingerprint density at radius 1 is 0.982 bits per heavy atom. The number of fused-ring (bicyclic) bond motifs is 5. The summed E-state index contributed by atoms with van der Waals surface area (Å²) < 4.78 is 44.2. The molecule has 14 atom stereocenters. The summed E-state index contributed by atoms with van der Waals surface area (Å²) in [7, 11) is 4.90. The standard InChI is InChI=1S/C43H60N2O11.HI/c1-7-28-12-8-13-35(56-36(46)14-10-18-45-17-9-11-27(23-45)42(44)49)24(2)38(48)34-21-32-30(33(34)22-37(47)54-28)16-15-26-19-29(20-31(26)32)55-43-41(52-6)40(51-5)39(50-4)25(3)53-43;/h9,11,15-17,21,23-26,28-33,35,39-41,43H,7-8,10,12-14,18-20,22H2,1-6H3,(H-,44,49);1H/t24-,25+,26-,28+,29-,30-,31-,32-,33+,35+,39+,40-,41-,43+;/m1./s1. The van der Waals surface area contributed by atoms with E-state index in [4.69, 9.17) is 38.9 Å². The van der Waals surface area contributed by atoms with Gasteiger partial charge in [0.15, 0.2) is 24.5 Å². The second-order valence-corrected chi connectivity index (χ2v) is 16.3. The molecule has 6 rings (SSSR count). The van der Waals surface area contributed by atoms with Gasteiger partial charge in [0, 0.05) is 39.7 Å². The molecule has 3 fully saturated rings. The molecule has 2 N–H and O–H groups in total. The molecule has 1 aromatic heterocycles. The minimum atomic E-state index is -0.636. The fourth-order valence-corrected chi connectivity index (χ4v) is 9.90. The summed E-state index contributed by atoms with van der Waals surface area (Å²) >= 11 is 0. The third-order valence-electron chi connectivity index (χ3n) is 12.9. The number of allylic oxidation sites excluding steroid dienone is 4. The molecule has 13 nitrogen and oxygen atoms in total. The number of pyridine rings is 1. The molecule has 2 saturated heterocycles.